The topological polar surface area (TPSA) is 92.4 Å². The van der Waals surface area contributed by atoms with Gasteiger partial charge in [0.15, 0.2) is 0 Å². The summed E-state index contributed by atoms with van der Waals surface area (Å²) in [6.45, 7) is 3.88. The molecule has 1 atom stereocenters. The molecule has 0 bridgehead atoms. The molecule has 0 saturated carbocycles. The number of halogens is 1. The molecule has 0 spiro atoms. The fourth-order valence-corrected chi connectivity index (χ4v) is 3.46. The lowest BCUT2D eigenvalue weighted by Gasteiger charge is -2.20. The maximum absolute atomic E-state index is 12.1. The predicted octanol–water partition coefficient (Wildman–Crippen LogP) is 2.00. The Morgan fingerprint density at radius 2 is 1.95 bits per heavy atom. The minimum Gasteiger partial charge on any atom is -0.398 e. The molecule has 5 nitrogen and oxygen atoms in total. The van der Waals surface area contributed by atoms with Gasteiger partial charge >= 0.3 is 0 Å². The normalized spacial score (nSPS) is 13.7. The molecule has 7 heteroatoms. The second-order valence-corrected chi connectivity index (χ2v) is 6.85. The smallest absolute Gasteiger partial charge is 0.242 e. The highest BCUT2D eigenvalue weighted by Gasteiger charge is 2.22. The molecule has 0 amide bonds. The first-order chi connectivity index (χ1) is 9.31. The van der Waals surface area contributed by atoms with Crippen molar-refractivity contribution in [3.05, 3.63) is 23.2 Å². The van der Waals surface area contributed by atoms with E-state index in [9.17, 15) is 13.5 Å². The van der Waals surface area contributed by atoms with Crippen molar-refractivity contribution in [3.63, 3.8) is 0 Å². The van der Waals surface area contributed by atoms with Crippen LogP contribution in [0.4, 0.5) is 5.69 Å². The number of benzene rings is 1. The Hall–Kier alpha value is -0.820. The van der Waals surface area contributed by atoms with Crippen LogP contribution >= 0.6 is 11.6 Å². The van der Waals surface area contributed by atoms with Gasteiger partial charge in [-0.25, -0.2) is 13.1 Å². The number of nitrogen functional groups attached to an aromatic ring is 1. The molecule has 114 valence electrons. The summed E-state index contributed by atoms with van der Waals surface area (Å²) in [4.78, 5) is -0.0678. The molecule has 1 rings (SSSR count). The largest absolute Gasteiger partial charge is 0.398 e. The zero-order valence-electron chi connectivity index (χ0n) is 11.6. The Balaban J connectivity index is 2.83. The van der Waals surface area contributed by atoms with Gasteiger partial charge in [-0.3, -0.25) is 0 Å². The quantitative estimate of drug-likeness (QED) is 0.670. The molecular formula is C13H21ClN2O3S. The number of aliphatic hydroxyl groups is 1. The summed E-state index contributed by atoms with van der Waals surface area (Å²) >= 11 is 5.78. The summed E-state index contributed by atoms with van der Waals surface area (Å²) in [5.41, 5.74) is 5.78. The molecular weight excluding hydrogens is 300 g/mol. The van der Waals surface area contributed by atoms with Crippen molar-refractivity contribution in [2.45, 2.75) is 37.7 Å². The van der Waals surface area contributed by atoms with Crippen LogP contribution in [-0.2, 0) is 10.0 Å². The first kappa shape index (κ1) is 17.2. The van der Waals surface area contributed by atoms with E-state index in [0.29, 0.717) is 5.02 Å². The van der Waals surface area contributed by atoms with Crippen LogP contribution in [0.3, 0.4) is 0 Å². The van der Waals surface area contributed by atoms with E-state index in [1.165, 1.54) is 18.2 Å². The van der Waals surface area contributed by atoms with Gasteiger partial charge in [0.2, 0.25) is 10.0 Å². The summed E-state index contributed by atoms with van der Waals surface area (Å²) < 4.78 is 26.7. The van der Waals surface area contributed by atoms with Crippen molar-refractivity contribution in [3.8, 4) is 0 Å². The van der Waals surface area contributed by atoms with Crippen LogP contribution in [0.15, 0.2) is 23.1 Å². The molecule has 0 aliphatic rings. The number of rotatable bonds is 7. The third-order valence-electron chi connectivity index (χ3n) is 3.34. The molecule has 0 fully saturated rings. The van der Waals surface area contributed by atoms with Crippen molar-refractivity contribution in [2.75, 3.05) is 12.3 Å². The van der Waals surface area contributed by atoms with E-state index in [4.69, 9.17) is 17.3 Å². The van der Waals surface area contributed by atoms with Gasteiger partial charge in [-0.15, -0.1) is 0 Å². The van der Waals surface area contributed by atoms with Gasteiger partial charge in [0.25, 0.3) is 0 Å². The molecule has 0 heterocycles. The lowest BCUT2D eigenvalue weighted by molar-refractivity contribution is 0.107. The van der Waals surface area contributed by atoms with Gasteiger partial charge in [-0.2, -0.15) is 0 Å². The number of aliphatic hydroxyl groups excluding tert-OH is 1. The van der Waals surface area contributed by atoms with Gasteiger partial charge in [-0.05, 0) is 24.1 Å². The molecule has 1 aromatic rings. The second kappa shape index (κ2) is 7.26. The van der Waals surface area contributed by atoms with Gasteiger partial charge in [0.1, 0.15) is 4.90 Å². The summed E-state index contributed by atoms with van der Waals surface area (Å²) in [7, 11) is -3.78. The van der Waals surface area contributed by atoms with Gasteiger partial charge in [0.05, 0.1) is 11.8 Å². The average Bonchev–Trinajstić information content (AvgIpc) is 2.40. The molecule has 1 unspecified atom stereocenters. The minimum absolute atomic E-state index is 0.0410. The van der Waals surface area contributed by atoms with Crippen molar-refractivity contribution >= 4 is 27.3 Å². The molecule has 0 aromatic heterocycles. The number of hydrogen-bond donors (Lipinski definition) is 3. The lowest BCUT2D eigenvalue weighted by Crippen LogP contribution is -2.36. The maximum atomic E-state index is 12.1. The van der Waals surface area contributed by atoms with Crippen LogP contribution in [0.25, 0.3) is 0 Å². The van der Waals surface area contributed by atoms with Crippen molar-refractivity contribution in [1.82, 2.24) is 4.72 Å². The minimum atomic E-state index is -3.78. The molecule has 0 aliphatic heterocycles. The second-order valence-electron chi connectivity index (χ2n) is 4.68. The number of anilines is 1. The van der Waals surface area contributed by atoms with E-state index in [1.807, 2.05) is 13.8 Å². The maximum Gasteiger partial charge on any atom is 0.242 e. The van der Waals surface area contributed by atoms with E-state index >= 15 is 0 Å². The van der Waals surface area contributed by atoms with Crippen molar-refractivity contribution in [1.29, 1.82) is 0 Å². The number of nitrogens with two attached hydrogens (primary N) is 1. The Bertz CT molecular complexity index is 545. The Morgan fingerprint density at radius 3 is 2.50 bits per heavy atom. The van der Waals surface area contributed by atoms with E-state index in [2.05, 4.69) is 4.72 Å². The standard InChI is InChI=1S/C13H21ClN2O3S/c1-3-9(4-2)12(17)8-16-20(18,19)13-7-10(14)5-6-11(13)15/h5-7,9,12,16-17H,3-4,8,15H2,1-2H3. The molecule has 20 heavy (non-hydrogen) atoms. The number of hydrogen-bond acceptors (Lipinski definition) is 4. The van der Waals surface area contributed by atoms with Crippen LogP contribution in [0, 0.1) is 5.92 Å². The zero-order chi connectivity index (χ0) is 15.3. The molecule has 0 saturated heterocycles. The summed E-state index contributed by atoms with van der Waals surface area (Å²) in [5, 5.41) is 10.3. The Morgan fingerprint density at radius 1 is 1.35 bits per heavy atom. The summed E-state index contributed by atoms with van der Waals surface area (Å²) in [5.74, 6) is 0.0643. The van der Waals surface area contributed by atoms with Crippen LogP contribution in [0.2, 0.25) is 5.02 Å². The molecule has 1 aromatic carbocycles. The first-order valence-corrected chi connectivity index (χ1v) is 8.40. The van der Waals surface area contributed by atoms with Crippen LogP contribution in [-0.4, -0.2) is 26.2 Å². The van der Waals surface area contributed by atoms with Gasteiger partial charge in [-0.1, -0.05) is 38.3 Å². The number of sulfonamides is 1. The molecule has 4 N–H and O–H groups in total. The highest BCUT2D eigenvalue weighted by molar-refractivity contribution is 7.89. The fraction of sp³-hybridized carbons (Fsp3) is 0.538. The first-order valence-electron chi connectivity index (χ1n) is 6.54. The highest BCUT2D eigenvalue weighted by Crippen LogP contribution is 2.22. The SMILES string of the molecule is CCC(CC)C(O)CNS(=O)(=O)c1cc(Cl)ccc1N. The Kier molecular flexibility index (Phi) is 6.26. The van der Waals surface area contributed by atoms with Crippen LogP contribution < -0.4 is 10.5 Å². The molecule has 0 radical (unpaired) electrons. The van der Waals surface area contributed by atoms with E-state index in [1.54, 1.807) is 0 Å². The summed E-state index contributed by atoms with van der Waals surface area (Å²) in [6.07, 6.45) is 0.859. The van der Waals surface area contributed by atoms with Crippen LogP contribution in [0.1, 0.15) is 26.7 Å². The lowest BCUT2D eigenvalue weighted by atomic mass is 9.97. The monoisotopic (exact) mass is 320 g/mol. The average molecular weight is 321 g/mol. The van der Waals surface area contributed by atoms with Gasteiger partial charge < -0.3 is 10.8 Å². The highest BCUT2D eigenvalue weighted by atomic mass is 35.5. The predicted molar refractivity (Wildman–Crippen MR) is 81.1 cm³/mol. The van der Waals surface area contributed by atoms with E-state index in [0.717, 1.165) is 12.8 Å². The molecule has 0 aliphatic carbocycles. The van der Waals surface area contributed by atoms with Crippen molar-refractivity contribution < 1.29 is 13.5 Å². The Labute approximate surface area is 125 Å². The third-order valence-corrected chi connectivity index (χ3v) is 5.05. The van der Waals surface area contributed by atoms with Crippen molar-refractivity contribution in [2.24, 2.45) is 5.92 Å². The fourth-order valence-electron chi connectivity index (χ4n) is 2.01. The van der Waals surface area contributed by atoms with Gasteiger partial charge in [0, 0.05) is 11.6 Å². The van der Waals surface area contributed by atoms with E-state index < -0.39 is 16.1 Å². The van der Waals surface area contributed by atoms with Crippen LogP contribution in [0.5, 0.6) is 0 Å². The number of nitrogens with one attached hydrogen (secondary N) is 1. The summed E-state index contributed by atoms with van der Waals surface area (Å²) in [6, 6.07) is 4.26. The zero-order valence-corrected chi connectivity index (χ0v) is 13.2. The third kappa shape index (κ3) is 4.34. The van der Waals surface area contributed by atoms with E-state index in [-0.39, 0.29) is 23.0 Å².